The lowest BCUT2D eigenvalue weighted by Gasteiger charge is -2.01. The van der Waals surface area contributed by atoms with Crippen LogP contribution in [0, 0.1) is 5.41 Å². The van der Waals surface area contributed by atoms with E-state index in [0.29, 0.717) is 18.4 Å². The van der Waals surface area contributed by atoms with Crippen molar-refractivity contribution in [3.63, 3.8) is 0 Å². The molecule has 4 heteroatoms. The molecule has 0 bridgehead atoms. The molecule has 0 saturated heterocycles. The highest BCUT2D eigenvalue weighted by Gasteiger charge is 2.11. The lowest BCUT2D eigenvalue weighted by molar-refractivity contribution is -0.138. The van der Waals surface area contributed by atoms with E-state index >= 15 is 0 Å². The predicted molar refractivity (Wildman–Crippen MR) is 59.5 cm³/mol. The summed E-state index contributed by atoms with van der Waals surface area (Å²) in [4.78, 5) is 22.6. The topological polar surface area (TPSA) is 67.2 Å². The van der Waals surface area contributed by atoms with Gasteiger partial charge in [0.2, 0.25) is 0 Å². The second-order valence-corrected chi connectivity index (χ2v) is 3.22. The standard InChI is InChI=1S/C12H13NO3/c13-9-5-4-8-11(14)16-12(15)10-6-2-1-3-7-10/h1-3,6-7,9,13H,4-5,8H2. The largest absolute Gasteiger partial charge is 0.389 e. The second-order valence-electron chi connectivity index (χ2n) is 3.22. The fraction of sp³-hybridized carbons (Fsp3) is 0.250. The first-order valence-electron chi connectivity index (χ1n) is 5.03. The van der Waals surface area contributed by atoms with E-state index in [4.69, 9.17) is 5.41 Å². The van der Waals surface area contributed by atoms with Crippen LogP contribution in [-0.2, 0) is 9.53 Å². The Kier molecular flexibility index (Phi) is 4.92. The highest BCUT2D eigenvalue weighted by molar-refractivity contribution is 5.96. The van der Waals surface area contributed by atoms with Crippen molar-refractivity contribution in [3.8, 4) is 0 Å². The van der Waals surface area contributed by atoms with Crippen molar-refractivity contribution in [1.29, 1.82) is 5.41 Å². The van der Waals surface area contributed by atoms with Crippen LogP contribution in [0.1, 0.15) is 29.6 Å². The molecule has 0 atom stereocenters. The van der Waals surface area contributed by atoms with Gasteiger partial charge in [0.05, 0.1) is 5.56 Å². The van der Waals surface area contributed by atoms with E-state index in [1.54, 1.807) is 30.3 Å². The van der Waals surface area contributed by atoms with Crippen molar-refractivity contribution in [1.82, 2.24) is 0 Å². The highest BCUT2D eigenvalue weighted by Crippen LogP contribution is 2.03. The molecule has 0 unspecified atom stereocenters. The number of hydrogen-bond donors (Lipinski definition) is 1. The molecule has 0 radical (unpaired) electrons. The van der Waals surface area contributed by atoms with Crippen LogP contribution in [0.25, 0.3) is 0 Å². The molecule has 0 aliphatic rings. The number of hydrogen-bond acceptors (Lipinski definition) is 4. The molecule has 0 aliphatic heterocycles. The number of rotatable bonds is 5. The van der Waals surface area contributed by atoms with Gasteiger partial charge in [-0.2, -0.15) is 0 Å². The molecule has 1 aromatic rings. The third-order valence-corrected chi connectivity index (χ3v) is 1.95. The average molecular weight is 219 g/mol. The minimum absolute atomic E-state index is 0.161. The van der Waals surface area contributed by atoms with Gasteiger partial charge in [-0.15, -0.1) is 0 Å². The number of ether oxygens (including phenoxy) is 1. The zero-order valence-electron chi connectivity index (χ0n) is 8.81. The Morgan fingerprint density at radius 1 is 1.25 bits per heavy atom. The summed E-state index contributed by atoms with van der Waals surface area (Å²) in [6, 6.07) is 8.37. The van der Waals surface area contributed by atoms with Gasteiger partial charge in [0.1, 0.15) is 0 Å². The van der Waals surface area contributed by atoms with Crippen molar-refractivity contribution in [2.45, 2.75) is 19.3 Å². The van der Waals surface area contributed by atoms with Crippen LogP contribution in [0.3, 0.4) is 0 Å². The van der Waals surface area contributed by atoms with E-state index in [2.05, 4.69) is 4.74 Å². The molecule has 16 heavy (non-hydrogen) atoms. The van der Waals surface area contributed by atoms with Crippen LogP contribution >= 0.6 is 0 Å². The number of carbonyl (C=O) groups is 2. The molecule has 0 spiro atoms. The first-order valence-corrected chi connectivity index (χ1v) is 5.03. The Balaban J connectivity index is 2.40. The van der Waals surface area contributed by atoms with Crippen LogP contribution in [0.2, 0.25) is 0 Å². The fourth-order valence-electron chi connectivity index (χ4n) is 1.14. The predicted octanol–water partition coefficient (Wildman–Crippen LogP) is 2.19. The van der Waals surface area contributed by atoms with E-state index in [9.17, 15) is 9.59 Å². The van der Waals surface area contributed by atoms with Crippen molar-refractivity contribution >= 4 is 18.2 Å². The van der Waals surface area contributed by atoms with E-state index in [1.165, 1.54) is 6.21 Å². The Bertz CT molecular complexity index is 373. The molecule has 84 valence electrons. The van der Waals surface area contributed by atoms with Crippen LogP contribution in [0.4, 0.5) is 0 Å². The second kappa shape index (κ2) is 6.50. The first-order chi connectivity index (χ1) is 7.74. The van der Waals surface area contributed by atoms with Gasteiger partial charge in [0, 0.05) is 6.42 Å². The Hall–Kier alpha value is -1.97. The monoisotopic (exact) mass is 219 g/mol. The molecule has 0 fully saturated rings. The van der Waals surface area contributed by atoms with E-state index in [0.717, 1.165) is 0 Å². The third kappa shape index (κ3) is 4.04. The van der Waals surface area contributed by atoms with Crippen molar-refractivity contribution in [2.24, 2.45) is 0 Å². The maximum atomic E-state index is 11.4. The molecule has 1 N–H and O–H groups in total. The smallest absolute Gasteiger partial charge is 0.345 e. The molecule has 4 nitrogen and oxygen atoms in total. The van der Waals surface area contributed by atoms with Gasteiger partial charge in [-0.05, 0) is 31.2 Å². The van der Waals surface area contributed by atoms with E-state index in [-0.39, 0.29) is 6.42 Å². The zero-order chi connectivity index (χ0) is 11.8. The van der Waals surface area contributed by atoms with Crippen LogP contribution in [0.15, 0.2) is 30.3 Å². The molecule has 1 aromatic carbocycles. The van der Waals surface area contributed by atoms with Crippen molar-refractivity contribution in [2.75, 3.05) is 0 Å². The highest BCUT2D eigenvalue weighted by atomic mass is 16.6. The van der Waals surface area contributed by atoms with Gasteiger partial charge in [0.15, 0.2) is 0 Å². The molecule has 0 amide bonds. The van der Waals surface area contributed by atoms with Gasteiger partial charge < -0.3 is 10.1 Å². The summed E-state index contributed by atoms with van der Waals surface area (Å²) in [7, 11) is 0. The Morgan fingerprint density at radius 3 is 2.56 bits per heavy atom. The molecular formula is C12H13NO3. The van der Waals surface area contributed by atoms with Gasteiger partial charge in [-0.3, -0.25) is 4.79 Å². The minimum atomic E-state index is -0.625. The molecule has 0 saturated carbocycles. The minimum Gasteiger partial charge on any atom is -0.389 e. The molecule has 0 aliphatic carbocycles. The summed E-state index contributed by atoms with van der Waals surface area (Å²) >= 11 is 0. The van der Waals surface area contributed by atoms with E-state index in [1.807, 2.05) is 0 Å². The van der Waals surface area contributed by atoms with E-state index < -0.39 is 11.9 Å². The summed E-state index contributed by atoms with van der Waals surface area (Å²) in [6.45, 7) is 0. The van der Waals surface area contributed by atoms with Gasteiger partial charge in [-0.25, -0.2) is 4.79 Å². The fourth-order valence-corrected chi connectivity index (χ4v) is 1.14. The summed E-state index contributed by atoms with van der Waals surface area (Å²) in [6.07, 6.45) is 2.44. The summed E-state index contributed by atoms with van der Waals surface area (Å²) in [5.74, 6) is -1.17. The summed E-state index contributed by atoms with van der Waals surface area (Å²) in [5.41, 5.74) is 0.364. The average Bonchev–Trinajstić information content (AvgIpc) is 2.30. The molecule has 0 heterocycles. The van der Waals surface area contributed by atoms with Gasteiger partial charge >= 0.3 is 11.9 Å². The quantitative estimate of drug-likeness (QED) is 0.357. The normalized spacial score (nSPS) is 9.50. The lowest BCUT2D eigenvalue weighted by atomic mass is 10.2. The summed E-state index contributed by atoms with van der Waals surface area (Å²) < 4.78 is 4.63. The zero-order valence-corrected chi connectivity index (χ0v) is 8.81. The number of nitrogens with one attached hydrogen (secondary N) is 1. The molecule has 1 rings (SSSR count). The number of unbranched alkanes of at least 4 members (excludes halogenated alkanes) is 1. The van der Waals surface area contributed by atoms with Crippen molar-refractivity contribution < 1.29 is 14.3 Å². The Morgan fingerprint density at radius 2 is 1.94 bits per heavy atom. The SMILES string of the molecule is N=CCCCC(=O)OC(=O)c1ccccc1. The van der Waals surface area contributed by atoms with Crippen LogP contribution in [-0.4, -0.2) is 18.2 Å². The lowest BCUT2D eigenvalue weighted by Crippen LogP contribution is -2.12. The number of carbonyl (C=O) groups excluding carboxylic acids is 2. The van der Waals surface area contributed by atoms with Crippen LogP contribution < -0.4 is 0 Å². The van der Waals surface area contributed by atoms with Gasteiger partial charge in [-0.1, -0.05) is 18.2 Å². The first kappa shape index (κ1) is 12.1. The van der Waals surface area contributed by atoms with Gasteiger partial charge in [0.25, 0.3) is 0 Å². The molecule has 0 aromatic heterocycles. The van der Waals surface area contributed by atoms with Crippen molar-refractivity contribution in [3.05, 3.63) is 35.9 Å². The maximum Gasteiger partial charge on any atom is 0.345 e. The summed E-state index contributed by atoms with van der Waals surface area (Å²) in [5, 5.41) is 6.78. The maximum absolute atomic E-state index is 11.4. The number of benzene rings is 1. The third-order valence-electron chi connectivity index (χ3n) is 1.95. The Labute approximate surface area is 93.7 Å². The molecular weight excluding hydrogens is 206 g/mol. The number of esters is 2. The van der Waals surface area contributed by atoms with Crippen LogP contribution in [0.5, 0.6) is 0 Å².